The molecule has 0 radical (unpaired) electrons. The van der Waals surface area contributed by atoms with E-state index in [1.807, 2.05) is 55.7 Å². The van der Waals surface area contributed by atoms with Crippen molar-refractivity contribution in [3.8, 4) is 5.75 Å². The van der Waals surface area contributed by atoms with Crippen LogP contribution in [0.1, 0.15) is 41.3 Å². The number of nitrogens with zero attached hydrogens (tertiary/aromatic N) is 1. The number of amides is 1. The monoisotopic (exact) mass is 474 g/mol. The predicted molar refractivity (Wildman–Crippen MR) is 137 cm³/mol. The van der Waals surface area contributed by atoms with Crippen LogP contribution in [0.2, 0.25) is 5.02 Å². The molecule has 6 nitrogen and oxygen atoms in total. The van der Waals surface area contributed by atoms with E-state index in [-0.39, 0.29) is 5.91 Å². The second kappa shape index (κ2) is 10.1. The first kappa shape index (κ1) is 23.5. The van der Waals surface area contributed by atoms with Crippen LogP contribution in [-0.4, -0.2) is 23.8 Å². The number of likely N-dealkylation sites (N-methyl/N-ethyl adjacent to an activating group) is 1. The van der Waals surface area contributed by atoms with E-state index in [0.29, 0.717) is 27.9 Å². The predicted octanol–water partition coefficient (Wildman–Crippen LogP) is 5.56. The number of nitrogens with one attached hydrogen (secondary N) is 3. The zero-order chi connectivity index (χ0) is 24.1. The normalized spacial score (nSPS) is 17.1. The molecule has 3 N–H and O–H groups in total. The van der Waals surface area contributed by atoms with Crippen molar-refractivity contribution in [1.29, 1.82) is 0 Å². The molecule has 34 heavy (non-hydrogen) atoms. The van der Waals surface area contributed by atoms with Gasteiger partial charge >= 0.3 is 0 Å². The lowest BCUT2D eigenvalue weighted by molar-refractivity contribution is 0.0787. The second-order valence-electron chi connectivity index (χ2n) is 8.23. The Morgan fingerprint density at radius 1 is 1.12 bits per heavy atom. The van der Waals surface area contributed by atoms with E-state index in [4.69, 9.17) is 16.3 Å². The number of benzene rings is 2. The van der Waals surface area contributed by atoms with E-state index in [1.54, 1.807) is 36.7 Å². The third kappa shape index (κ3) is 4.98. The number of rotatable bonds is 7. The van der Waals surface area contributed by atoms with Gasteiger partial charge in [0.05, 0.1) is 10.7 Å². The van der Waals surface area contributed by atoms with Crippen molar-refractivity contribution < 1.29 is 9.53 Å². The average molecular weight is 475 g/mol. The van der Waals surface area contributed by atoms with Crippen LogP contribution in [0.25, 0.3) is 5.57 Å². The van der Waals surface area contributed by atoms with Gasteiger partial charge in [0.1, 0.15) is 5.75 Å². The SMILES string of the molecule is CNC1(Oc2ccc(Cl)c(NC(=O)c3cccc(C(C)C)c3)c2)NC=CC=C1c1ccncc1. The molecule has 0 fully saturated rings. The highest BCUT2D eigenvalue weighted by Gasteiger charge is 2.36. The molecule has 0 aliphatic carbocycles. The quantitative estimate of drug-likeness (QED) is 0.391. The number of hydrogen-bond donors (Lipinski definition) is 3. The minimum atomic E-state index is -1.03. The standard InChI is InChI=1S/C27H27ClN4O2/c1-18(2)20-6-4-7-21(16-20)26(33)32-25-17-22(9-10-24(25)28)34-27(29-3)23(8-5-13-31-27)19-11-14-30-15-12-19/h4-18,29,31H,1-3H3,(H,32,33). The summed E-state index contributed by atoms with van der Waals surface area (Å²) in [6.07, 6.45) is 9.16. The summed E-state index contributed by atoms with van der Waals surface area (Å²) in [4.78, 5) is 17.0. The summed E-state index contributed by atoms with van der Waals surface area (Å²) in [6.45, 7) is 4.19. The van der Waals surface area contributed by atoms with Gasteiger partial charge in [0.15, 0.2) is 0 Å². The Labute approximate surface area is 204 Å². The first-order valence-corrected chi connectivity index (χ1v) is 11.4. The maximum Gasteiger partial charge on any atom is 0.265 e. The molecule has 2 heterocycles. The van der Waals surface area contributed by atoms with Crippen molar-refractivity contribution in [1.82, 2.24) is 15.6 Å². The van der Waals surface area contributed by atoms with E-state index < -0.39 is 5.85 Å². The molecular formula is C27H27ClN4O2. The Morgan fingerprint density at radius 3 is 2.65 bits per heavy atom. The van der Waals surface area contributed by atoms with Crippen molar-refractivity contribution in [3.63, 3.8) is 0 Å². The van der Waals surface area contributed by atoms with Crippen molar-refractivity contribution in [2.24, 2.45) is 0 Å². The van der Waals surface area contributed by atoms with Crippen molar-refractivity contribution in [3.05, 3.63) is 107 Å². The molecule has 0 spiro atoms. The van der Waals surface area contributed by atoms with Gasteiger partial charge in [-0.05, 0) is 72.6 Å². The Hall–Kier alpha value is -3.61. The molecule has 2 aromatic carbocycles. The van der Waals surface area contributed by atoms with Crippen molar-refractivity contribution in [2.45, 2.75) is 25.6 Å². The summed E-state index contributed by atoms with van der Waals surface area (Å²) in [5, 5.41) is 9.84. The van der Waals surface area contributed by atoms with Crippen molar-refractivity contribution >= 4 is 28.8 Å². The first-order chi connectivity index (χ1) is 16.4. The lowest BCUT2D eigenvalue weighted by Gasteiger charge is -2.38. The van der Waals surface area contributed by atoms with Crippen LogP contribution in [0.15, 0.2) is 85.3 Å². The molecule has 1 amide bonds. The third-order valence-corrected chi connectivity index (χ3v) is 5.97. The molecule has 1 aromatic heterocycles. The molecule has 1 aliphatic rings. The zero-order valence-electron chi connectivity index (χ0n) is 19.3. The largest absolute Gasteiger partial charge is 0.450 e. The topological polar surface area (TPSA) is 75.3 Å². The van der Waals surface area contributed by atoms with Gasteiger partial charge in [-0.2, -0.15) is 0 Å². The van der Waals surface area contributed by atoms with Gasteiger partial charge in [-0.1, -0.05) is 37.6 Å². The van der Waals surface area contributed by atoms with Crippen LogP contribution in [-0.2, 0) is 0 Å². The smallest absolute Gasteiger partial charge is 0.265 e. The fourth-order valence-corrected chi connectivity index (χ4v) is 3.92. The van der Waals surface area contributed by atoms with E-state index in [9.17, 15) is 4.79 Å². The van der Waals surface area contributed by atoms with Crippen LogP contribution in [0.5, 0.6) is 5.75 Å². The minimum Gasteiger partial charge on any atom is -0.450 e. The summed E-state index contributed by atoms with van der Waals surface area (Å²) >= 11 is 6.41. The van der Waals surface area contributed by atoms with Gasteiger partial charge in [-0.15, -0.1) is 0 Å². The summed E-state index contributed by atoms with van der Waals surface area (Å²) in [5.41, 5.74) is 3.96. The van der Waals surface area contributed by atoms with E-state index in [2.05, 4.69) is 34.8 Å². The van der Waals surface area contributed by atoms with E-state index in [0.717, 1.165) is 16.7 Å². The number of ether oxygens (including phenoxy) is 1. The van der Waals surface area contributed by atoms with Gasteiger partial charge in [0, 0.05) is 35.8 Å². The number of carbonyl (C=O) groups is 1. The molecule has 174 valence electrons. The third-order valence-electron chi connectivity index (χ3n) is 5.64. The number of aromatic nitrogens is 1. The van der Waals surface area contributed by atoms with Crippen LogP contribution in [0.4, 0.5) is 5.69 Å². The van der Waals surface area contributed by atoms with Crippen LogP contribution in [0, 0.1) is 0 Å². The highest BCUT2D eigenvalue weighted by molar-refractivity contribution is 6.34. The number of pyridine rings is 1. The number of hydrogen-bond acceptors (Lipinski definition) is 5. The van der Waals surface area contributed by atoms with E-state index >= 15 is 0 Å². The summed E-state index contributed by atoms with van der Waals surface area (Å²) < 4.78 is 6.42. The average Bonchev–Trinajstić information content (AvgIpc) is 2.87. The molecule has 1 unspecified atom stereocenters. The Bertz CT molecular complexity index is 1240. The summed E-state index contributed by atoms with van der Waals surface area (Å²) in [6, 6.07) is 16.6. The molecule has 1 aliphatic heterocycles. The van der Waals surface area contributed by atoms with Gasteiger partial charge in [0.2, 0.25) is 0 Å². The fraction of sp³-hybridized carbons (Fsp3) is 0.185. The Kier molecular flexibility index (Phi) is 7.01. The molecule has 3 aromatic rings. The van der Waals surface area contributed by atoms with Crippen LogP contribution in [0.3, 0.4) is 0 Å². The molecule has 0 saturated heterocycles. The number of carbonyl (C=O) groups excluding carboxylic acids is 1. The van der Waals surface area contributed by atoms with Crippen LogP contribution < -0.4 is 20.7 Å². The maximum atomic E-state index is 12.9. The number of halogens is 1. The lowest BCUT2D eigenvalue weighted by Crippen LogP contribution is -2.59. The van der Waals surface area contributed by atoms with Crippen molar-refractivity contribution in [2.75, 3.05) is 12.4 Å². The van der Waals surface area contributed by atoms with Gasteiger partial charge in [-0.3, -0.25) is 15.1 Å². The molecule has 4 rings (SSSR count). The Balaban J connectivity index is 1.60. The van der Waals surface area contributed by atoms with Gasteiger partial charge in [0.25, 0.3) is 11.8 Å². The van der Waals surface area contributed by atoms with Gasteiger partial charge < -0.3 is 15.4 Å². The minimum absolute atomic E-state index is 0.235. The molecular weight excluding hydrogens is 448 g/mol. The zero-order valence-corrected chi connectivity index (χ0v) is 20.1. The number of anilines is 1. The Morgan fingerprint density at radius 2 is 1.91 bits per heavy atom. The van der Waals surface area contributed by atoms with E-state index in [1.165, 1.54) is 0 Å². The van der Waals surface area contributed by atoms with Crippen LogP contribution >= 0.6 is 11.6 Å². The number of dihydropyridines is 1. The fourth-order valence-electron chi connectivity index (χ4n) is 3.75. The first-order valence-electron chi connectivity index (χ1n) is 11.1. The number of allylic oxidation sites excluding steroid dienone is 2. The maximum absolute atomic E-state index is 12.9. The molecule has 1 atom stereocenters. The molecule has 7 heteroatoms. The second-order valence-corrected chi connectivity index (χ2v) is 8.64. The summed E-state index contributed by atoms with van der Waals surface area (Å²) in [5.74, 6) is -0.421. The molecule has 0 bridgehead atoms. The highest BCUT2D eigenvalue weighted by Crippen LogP contribution is 2.33. The molecule has 0 saturated carbocycles. The lowest BCUT2D eigenvalue weighted by atomic mass is 9.99. The summed E-state index contributed by atoms with van der Waals surface area (Å²) in [7, 11) is 1.81. The van der Waals surface area contributed by atoms with Gasteiger partial charge in [-0.25, -0.2) is 0 Å². The highest BCUT2D eigenvalue weighted by atomic mass is 35.5.